The Labute approximate surface area is 101 Å². The minimum atomic E-state index is 0.362. The number of amides is 1. The Morgan fingerprint density at radius 2 is 1.93 bits per heavy atom. The van der Waals surface area contributed by atoms with Crippen LogP contribution in [0.3, 0.4) is 0 Å². The maximum Gasteiger partial charge on any atom is 0.223 e. The van der Waals surface area contributed by atoms with Crippen molar-refractivity contribution < 1.29 is 4.79 Å². The highest BCUT2D eigenvalue weighted by Gasteiger charge is 2.35. The van der Waals surface area contributed by atoms with E-state index in [1.165, 1.54) is 38.5 Å². The fourth-order valence-electron chi connectivity index (χ4n) is 3.16. The van der Waals surface area contributed by atoms with Gasteiger partial charge in [0.2, 0.25) is 5.91 Å². The summed E-state index contributed by atoms with van der Waals surface area (Å²) in [7, 11) is 0. The van der Waals surface area contributed by atoms with Gasteiger partial charge < -0.3 is 4.90 Å². The number of halogens is 1. The molecule has 2 nitrogen and oxygen atoms in total. The summed E-state index contributed by atoms with van der Waals surface area (Å²) in [5, 5.41) is 0.805. The van der Waals surface area contributed by atoms with Crippen molar-refractivity contribution in [3.05, 3.63) is 0 Å². The van der Waals surface area contributed by atoms with E-state index in [4.69, 9.17) is 0 Å². The van der Waals surface area contributed by atoms with Gasteiger partial charge in [-0.2, -0.15) is 0 Å². The van der Waals surface area contributed by atoms with Crippen LogP contribution in [-0.4, -0.2) is 28.7 Å². The Morgan fingerprint density at radius 3 is 2.60 bits per heavy atom. The summed E-state index contributed by atoms with van der Waals surface area (Å²) in [4.78, 5) is 14.1. The quantitative estimate of drug-likeness (QED) is 0.724. The highest BCUT2D eigenvalue weighted by molar-refractivity contribution is 9.09. The van der Waals surface area contributed by atoms with Crippen molar-refractivity contribution in [3.63, 3.8) is 0 Å². The Hall–Kier alpha value is -0.0500. The summed E-state index contributed by atoms with van der Waals surface area (Å²) in [5.41, 5.74) is 0. The molecule has 0 spiro atoms. The number of hydrogen-bond acceptors (Lipinski definition) is 1. The Balaban J connectivity index is 1.94. The van der Waals surface area contributed by atoms with Gasteiger partial charge in [-0.05, 0) is 31.6 Å². The van der Waals surface area contributed by atoms with E-state index in [-0.39, 0.29) is 0 Å². The molecule has 0 bridgehead atoms. The molecule has 2 aliphatic rings. The van der Waals surface area contributed by atoms with Gasteiger partial charge in [-0.15, -0.1) is 0 Å². The Kier molecular flexibility index (Phi) is 4.06. The SMILES string of the molecule is O=C(CCBr)N1CCCC1C1CCCC1. The highest BCUT2D eigenvalue weighted by Crippen LogP contribution is 2.35. The lowest BCUT2D eigenvalue weighted by atomic mass is 9.96. The van der Waals surface area contributed by atoms with Gasteiger partial charge in [-0.25, -0.2) is 0 Å². The van der Waals surface area contributed by atoms with Crippen LogP contribution in [0.15, 0.2) is 0 Å². The first-order valence-corrected chi connectivity index (χ1v) is 7.30. The fourth-order valence-corrected chi connectivity index (χ4v) is 3.50. The second-order valence-electron chi connectivity index (χ2n) is 4.78. The van der Waals surface area contributed by atoms with Crippen LogP contribution in [0.2, 0.25) is 0 Å². The molecule has 1 aliphatic carbocycles. The molecule has 1 amide bonds. The first-order valence-electron chi connectivity index (χ1n) is 6.18. The summed E-state index contributed by atoms with van der Waals surface area (Å²) in [6, 6.07) is 0.582. The third-order valence-electron chi connectivity index (χ3n) is 3.87. The molecule has 1 heterocycles. The van der Waals surface area contributed by atoms with Crippen molar-refractivity contribution >= 4 is 21.8 Å². The predicted molar refractivity (Wildman–Crippen MR) is 65.1 cm³/mol. The van der Waals surface area contributed by atoms with Gasteiger partial charge in [0.05, 0.1) is 0 Å². The van der Waals surface area contributed by atoms with Crippen LogP contribution in [0.25, 0.3) is 0 Å². The zero-order chi connectivity index (χ0) is 10.7. The van der Waals surface area contributed by atoms with Crippen molar-refractivity contribution in [3.8, 4) is 0 Å². The van der Waals surface area contributed by atoms with Gasteiger partial charge in [0.25, 0.3) is 0 Å². The molecule has 1 atom stereocenters. The number of hydrogen-bond donors (Lipinski definition) is 0. The summed E-state index contributed by atoms with van der Waals surface area (Å²) in [5.74, 6) is 1.17. The van der Waals surface area contributed by atoms with Gasteiger partial charge in [0, 0.05) is 24.3 Å². The second-order valence-corrected chi connectivity index (χ2v) is 5.57. The van der Waals surface area contributed by atoms with Crippen LogP contribution >= 0.6 is 15.9 Å². The molecule has 0 aromatic carbocycles. The van der Waals surface area contributed by atoms with E-state index < -0.39 is 0 Å². The number of carbonyl (C=O) groups excluding carboxylic acids is 1. The molecule has 1 saturated heterocycles. The monoisotopic (exact) mass is 273 g/mol. The molecule has 0 radical (unpaired) electrons. The molecule has 0 N–H and O–H groups in total. The standard InChI is InChI=1S/C12H20BrNO/c13-8-7-12(15)14-9-3-6-11(14)10-4-1-2-5-10/h10-11H,1-9H2. The molecule has 2 rings (SSSR count). The maximum atomic E-state index is 11.9. The molecule has 1 saturated carbocycles. The number of rotatable bonds is 3. The molecule has 86 valence electrons. The normalized spacial score (nSPS) is 27.5. The van der Waals surface area contributed by atoms with Crippen LogP contribution in [0.1, 0.15) is 44.9 Å². The molecule has 15 heavy (non-hydrogen) atoms. The minimum absolute atomic E-state index is 0.362. The van der Waals surface area contributed by atoms with Gasteiger partial charge in [-0.3, -0.25) is 4.79 Å². The second kappa shape index (κ2) is 5.33. The molecule has 0 aromatic rings. The van der Waals surface area contributed by atoms with Crippen molar-refractivity contribution in [1.82, 2.24) is 4.90 Å². The highest BCUT2D eigenvalue weighted by atomic mass is 79.9. The average molecular weight is 274 g/mol. The lowest BCUT2D eigenvalue weighted by Crippen LogP contribution is -2.39. The smallest absolute Gasteiger partial charge is 0.223 e. The van der Waals surface area contributed by atoms with Gasteiger partial charge in [0.15, 0.2) is 0 Å². The van der Waals surface area contributed by atoms with Gasteiger partial charge in [-0.1, -0.05) is 28.8 Å². The summed E-state index contributed by atoms with van der Waals surface area (Å²) in [6.07, 6.45) is 8.59. The van der Waals surface area contributed by atoms with Gasteiger partial charge >= 0.3 is 0 Å². The van der Waals surface area contributed by atoms with E-state index in [0.717, 1.165) is 17.8 Å². The third kappa shape index (κ3) is 2.55. The van der Waals surface area contributed by atoms with Crippen LogP contribution in [0.5, 0.6) is 0 Å². The first-order chi connectivity index (χ1) is 7.33. The topological polar surface area (TPSA) is 20.3 Å². The number of likely N-dealkylation sites (tertiary alicyclic amines) is 1. The lowest BCUT2D eigenvalue weighted by molar-refractivity contribution is -0.132. The van der Waals surface area contributed by atoms with Crippen molar-refractivity contribution in [2.75, 3.05) is 11.9 Å². The van der Waals surface area contributed by atoms with E-state index in [0.29, 0.717) is 18.4 Å². The van der Waals surface area contributed by atoms with Crippen LogP contribution in [0, 0.1) is 5.92 Å². The Bertz CT molecular complexity index is 226. The van der Waals surface area contributed by atoms with E-state index in [9.17, 15) is 4.79 Å². The summed E-state index contributed by atoms with van der Waals surface area (Å²) >= 11 is 3.35. The van der Waals surface area contributed by atoms with E-state index in [1.807, 2.05) is 0 Å². The van der Waals surface area contributed by atoms with E-state index in [1.54, 1.807) is 0 Å². The minimum Gasteiger partial charge on any atom is -0.339 e. The molecule has 0 aromatic heterocycles. The molecular weight excluding hydrogens is 254 g/mol. The third-order valence-corrected chi connectivity index (χ3v) is 4.27. The number of nitrogens with zero attached hydrogens (tertiary/aromatic N) is 1. The molecule has 1 unspecified atom stereocenters. The van der Waals surface area contributed by atoms with E-state index in [2.05, 4.69) is 20.8 Å². The largest absolute Gasteiger partial charge is 0.339 e. The predicted octanol–water partition coefficient (Wildman–Crippen LogP) is 2.95. The van der Waals surface area contributed by atoms with Crippen molar-refractivity contribution in [1.29, 1.82) is 0 Å². The molecular formula is C12H20BrNO. The van der Waals surface area contributed by atoms with Crippen LogP contribution in [0.4, 0.5) is 0 Å². The average Bonchev–Trinajstić information content (AvgIpc) is 2.88. The van der Waals surface area contributed by atoms with E-state index >= 15 is 0 Å². The fraction of sp³-hybridized carbons (Fsp3) is 0.917. The molecule has 2 fully saturated rings. The van der Waals surface area contributed by atoms with Crippen LogP contribution < -0.4 is 0 Å². The number of alkyl halides is 1. The zero-order valence-electron chi connectivity index (χ0n) is 9.25. The molecule has 3 heteroatoms. The summed E-state index contributed by atoms with van der Waals surface area (Å²) < 4.78 is 0. The maximum absolute atomic E-state index is 11.9. The summed E-state index contributed by atoms with van der Waals surface area (Å²) in [6.45, 7) is 1.01. The Morgan fingerprint density at radius 1 is 1.20 bits per heavy atom. The van der Waals surface area contributed by atoms with Crippen molar-refractivity contribution in [2.45, 2.75) is 51.0 Å². The van der Waals surface area contributed by atoms with Crippen LogP contribution in [-0.2, 0) is 4.79 Å². The first kappa shape index (κ1) is 11.4. The van der Waals surface area contributed by atoms with Crippen molar-refractivity contribution in [2.24, 2.45) is 5.92 Å². The number of carbonyl (C=O) groups is 1. The lowest BCUT2D eigenvalue weighted by Gasteiger charge is -2.29. The molecule has 1 aliphatic heterocycles. The van der Waals surface area contributed by atoms with Gasteiger partial charge in [0.1, 0.15) is 0 Å². The zero-order valence-corrected chi connectivity index (χ0v) is 10.8.